The van der Waals surface area contributed by atoms with Crippen molar-refractivity contribution in [2.75, 3.05) is 20.3 Å². The molecule has 0 bridgehead atoms. The number of oxazole rings is 1. The molecule has 4 aromatic rings. The van der Waals surface area contributed by atoms with Gasteiger partial charge in [-0.05, 0) is 137 Å². The number of benzene rings is 3. The molecule has 15 heteroatoms. The van der Waals surface area contributed by atoms with E-state index in [2.05, 4.69) is 142 Å². The van der Waals surface area contributed by atoms with Crippen LogP contribution in [-0.2, 0) is 43.9 Å². The summed E-state index contributed by atoms with van der Waals surface area (Å²) in [5, 5.41) is 2.27. The molecule has 4 fully saturated rings. The van der Waals surface area contributed by atoms with Gasteiger partial charge in [-0.3, -0.25) is 4.90 Å². The van der Waals surface area contributed by atoms with Gasteiger partial charge >= 0.3 is 6.09 Å². The van der Waals surface area contributed by atoms with E-state index in [9.17, 15) is 4.79 Å². The number of methoxy groups -OCH3 is 1. The van der Waals surface area contributed by atoms with Gasteiger partial charge in [0.2, 0.25) is 5.89 Å². The summed E-state index contributed by atoms with van der Waals surface area (Å²) < 4.78 is 66.6. The van der Waals surface area contributed by atoms with Crippen LogP contribution >= 0.6 is 0 Å². The molecule has 0 radical (unpaired) electrons. The zero-order valence-corrected chi connectivity index (χ0v) is 56.0. The van der Waals surface area contributed by atoms with E-state index in [0.717, 1.165) is 60.0 Å². The molecule has 0 N–H and O–H groups in total. The number of aromatic nitrogens is 1. The third-order valence-electron chi connectivity index (χ3n) is 18.3. The van der Waals surface area contributed by atoms with Gasteiger partial charge in [0.25, 0.3) is 8.32 Å². The third-order valence-corrected chi connectivity index (χ3v) is 28.1. The average molecular weight is 1200 g/mol. The molecule has 8 rings (SSSR count). The Morgan fingerprint density at radius 2 is 1.47 bits per heavy atom. The van der Waals surface area contributed by atoms with E-state index in [1.165, 1.54) is 15.9 Å². The van der Waals surface area contributed by atoms with E-state index in [1.807, 2.05) is 65.0 Å². The molecule has 3 aromatic carbocycles. The minimum absolute atomic E-state index is 0.00148. The number of ether oxygens (including phenoxy) is 7. The Kier molecular flexibility index (Phi) is 22.3. The number of carbonyl (C=O) groups is 1. The lowest BCUT2D eigenvalue weighted by Gasteiger charge is -2.48. The highest BCUT2D eigenvalue weighted by Crippen LogP contribution is 2.44. The molecule has 85 heavy (non-hydrogen) atoms. The summed E-state index contributed by atoms with van der Waals surface area (Å²) in [6.07, 6.45) is 11.4. The van der Waals surface area contributed by atoms with E-state index in [0.29, 0.717) is 51.4 Å². The SMILES string of the molecule is C=C1C[C@H](C[C@@H]2C[C@@H](O[Si](c3ccccc3)(c3ccccc3)C(C)(C)C)C[C@H](c3coc(/C=C/C[C@H]4O[C@@H](/C(C)=C/[C@@H]5COC(C)(C)N5C(=O)OC(C)(C)C)[C@H](C)[C@@H](O[Si](CC)(CC)CC)[C@H]4C)n3)O2)O[C@@H](CCOCc2ccc(OC)cc2)C1. The minimum Gasteiger partial charge on any atom is -0.497 e. The van der Waals surface area contributed by atoms with E-state index < -0.39 is 34.1 Å². The zero-order valence-electron chi connectivity index (χ0n) is 54.0. The predicted molar refractivity (Wildman–Crippen MR) is 343 cm³/mol. The van der Waals surface area contributed by atoms with Crippen molar-refractivity contribution in [1.29, 1.82) is 0 Å². The molecule has 13 nitrogen and oxygen atoms in total. The molecule has 466 valence electrons. The maximum Gasteiger partial charge on any atom is 0.413 e. The molecule has 11 atom stereocenters. The van der Waals surface area contributed by atoms with Crippen LogP contribution in [0, 0.1) is 11.8 Å². The van der Waals surface area contributed by atoms with Crippen LogP contribution in [0.2, 0.25) is 23.2 Å². The van der Waals surface area contributed by atoms with E-state index in [4.69, 9.17) is 51.4 Å². The molecule has 4 aliphatic heterocycles. The Bertz CT molecular complexity index is 2770. The Morgan fingerprint density at radius 1 is 0.824 bits per heavy atom. The van der Waals surface area contributed by atoms with E-state index >= 15 is 0 Å². The smallest absolute Gasteiger partial charge is 0.413 e. The highest BCUT2D eigenvalue weighted by molar-refractivity contribution is 6.99. The maximum atomic E-state index is 13.7. The predicted octanol–water partition coefficient (Wildman–Crippen LogP) is 15.1. The first kappa shape index (κ1) is 66.3. The molecule has 0 spiro atoms. The van der Waals surface area contributed by atoms with Crippen molar-refractivity contribution < 1.29 is 51.2 Å². The third kappa shape index (κ3) is 16.3. The number of hydrogen-bond donors (Lipinski definition) is 0. The number of hydrogen-bond acceptors (Lipinski definition) is 12. The molecule has 0 aliphatic carbocycles. The molecule has 1 aromatic heterocycles. The summed E-state index contributed by atoms with van der Waals surface area (Å²) >= 11 is 0. The lowest BCUT2D eigenvalue weighted by atomic mass is 9.79. The zero-order chi connectivity index (χ0) is 61.3. The standard InChI is InChI=1S/C70H102N2O11Si2/c1-17-84(18-2,19-3)83-66-50(6)62(80-65(51(66)7)49(5)41-53-46-77-70(14,15)72(53)67(73)81-68(8,9)10)31-26-32-64-71-61(47-76-64)63-44-58(82-85(69(11,12)13,59-27-22-20-23-28-59)60-29-24-21-25-30-60)43-57(79-63)42-56-40-48(4)39-55(78-56)37-38-75-45-52-33-35-54(74-16)36-34-52/h20-30,32-36,41,47,50-51,53,55-58,62-63,65-66H,4,17-19,31,37-40,42-46H2,1-3,5-16H3/b32-26+,49-41+/t50-,51-,53+,55-,56+,57+,58+,62+,63+,65-,66-/m0/s1. The van der Waals surface area contributed by atoms with Crippen molar-refractivity contribution >= 4 is 39.2 Å². The molecular weight excluding hydrogens is 1100 g/mol. The van der Waals surface area contributed by atoms with Crippen molar-refractivity contribution in [2.24, 2.45) is 11.8 Å². The van der Waals surface area contributed by atoms with E-state index in [-0.39, 0.29) is 71.7 Å². The van der Waals surface area contributed by atoms with Gasteiger partial charge in [0.1, 0.15) is 35.1 Å². The topological polar surface area (TPSA) is 129 Å². The van der Waals surface area contributed by atoms with Crippen LogP contribution in [0.1, 0.15) is 165 Å². The fourth-order valence-corrected chi connectivity index (χ4v) is 21.3. The van der Waals surface area contributed by atoms with Crippen molar-refractivity contribution in [3.63, 3.8) is 0 Å². The quantitative estimate of drug-likeness (QED) is 0.0398. The molecule has 5 heterocycles. The van der Waals surface area contributed by atoms with Crippen molar-refractivity contribution in [3.05, 3.63) is 138 Å². The van der Waals surface area contributed by atoms with Gasteiger partial charge in [0.15, 0.2) is 8.32 Å². The van der Waals surface area contributed by atoms with Gasteiger partial charge in [-0.15, -0.1) is 0 Å². The van der Waals surface area contributed by atoms with Crippen LogP contribution in [0.4, 0.5) is 4.79 Å². The second-order valence-electron chi connectivity index (χ2n) is 27.1. The van der Waals surface area contributed by atoms with Crippen LogP contribution in [0.3, 0.4) is 0 Å². The summed E-state index contributed by atoms with van der Waals surface area (Å²) in [6, 6.07) is 32.6. The first-order chi connectivity index (χ1) is 40.4. The minimum atomic E-state index is -2.95. The molecule has 1 amide bonds. The van der Waals surface area contributed by atoms with Crippen LogP contribution < -0.4 is 15.1 Å². The summed E-state index contributed by atoms with van der Waals surface area (Å²) in [5.74, 6) is 1.50. The Balaban J connectivity index is 1.03. The molecule has 4 aliphatic rings. The lowest BCUT2D eigenvalue weighted by Crippen LogP contribution is -2.68. The van der Waals surface area contributed by atoms with Crippen molar-refractivity contribution in [2.45, 2.75) is 238 Å². The molecular formula is C70H102N2O11Si2. The summed E-state index contributed by atoms with van der Waals surface area (Å²) in [6.45, 7) is 36.0. The first-order valence-corrected chi connectivity index (χ1v) is 36.1. The fourth-order valence-electron chi connectivity index (χ4n) is 13.6. The summed E-state index contributed by atoms with van der Waals surface area (Å²) in [4.78, 5) is 20.6. The number of rotatable bonds is 23. The monoisotopic (exact) mass is 1200 g/mol. The van der Waals surface area contributed by atoms with Crippen molar-refractivity contribution in [1.82, 2.24) is 9.88 Å². The van der Waals surface area contributed by atoms with Crippen LogP contribution in [0.15, 0.2) is 125 Å². The van der Waals surface area contributed by atoms with Gasteiger partial charge in [-0.2, -0.15) is 0 Å². The second kappa shape index (κ2) is 28.6. The maximum absolute atomic E-state index is 13.7. The Hall–Kier alpha value is -4.69. The van der Waals surface area contributed by atoms with Gasteiger partial charge in [0.05, 0.1) is 69.1 Å². The fraction of sp³-hybridized carbons (Fsp3) is 0.600. The van der Waals surface area contributed by atoms with Gasteiger partial charge in [-0.25, -0.2) is 9.78 Å². The number of amides is 1. The van der Waals surface area contributed by atoms with Crippen LogP contribution in [0.25, 0.3) is 6.08 Å². The normalized spacial score (nSPS) is 27.1. The summed E-state index contributed by atoms with van der Waals surface area (Å²) in [5.41, 5.74) is 2.60. The number of carbonyl (C=O) groups excluding carboxylic acids is 1. The Labute approximate surface area is 511 Å². The van der Waals surface area contributed by atoms with Gasteiger partial charge in [0, 0.05) is 31.3 Å². The lowest BCUT2D eigenvalue weighted by molar-refractivity contribution is -0.143. The molecule has 4 saturated heterocycles. The van der Waals surface area contributed by atoms with E-state index in [1.54, 1.807) is 18.3 Å². The van der Waals surface area contributed by atoms with Crippen LogP contribution in [-0.4, -0.2) is 113 Å². The van der Waals surface area contributed by atoms with Crippen LogP contribution in [0.5, 0.6) is 5.75 Å². The highest BCUT2D eigenvalue weighted by Gasteiger charge is 2.53. The first-order valence-electron chi connectivity index (χ1n) is 31.7. The highest BCUT2D eigenvalue weighted by atomic mass is 28.4. The second-order valence-corrected chi connectivity index (χ2v) is 36.0. The largest absolute Gasteiger partial charge is 0.497 e. The van der Waals surface area contributed by atoms with Gasteiger partial charge in [-0.1, -0.05) is 152 Å². The molecule has 0 unspecified atom stereocenters. The Morgan fingerprint density at radius 3 is 2.08 bits per heavy atom. The number of nitrogens with zero attached hydrogens (tertiary/aromatic N) is 2. The van der Waals surface area contributed by atoms with Gasteiger partial charge < -0.3 is 46.4 Å². The average Bonchev–Trinajstić information content (AvgIpc) is 1.84. The molecule has 0 saturated carbocycles. The summed E-state index contributed by atoms with van der Waals surface area (Å²) in [7, 11) is -3.31. The van der Waals surface area contributed by atoms with Crippen molar-refractivity contribution in [3.8, 4) is 5.75 Å².